The van der Waals surface area contributed by atoms with Gasteiger partial charge in [0.1, 0.15) is 0 Å². The topological polar surface area (TPSA) is 68.2 Å². The molecule has 0 radical (unpaired) electrons. The van der Waals surface area contributed by atoms with Crippen LogP contribution in [-0.4, -0.2) is 53.6 Å². The fourth-order valence-electron chi connectivity index (χ4n) is 4.31. The van der Waals surface area contributed by atoms with Crippen LogP contribution in [0.3, 0.4) is 0 Å². The number of likely N-dealkylation sites (tertiary alicyclic amines) is 1. The number of hydrogen-bond acceptors (Lipinski definition) is 5. The smallest absolute Gasteiger partial charge is 0.231 e. The van der Waals surface area contributed by atoms with Crippen LogP contribution in [0.4, 0.5) is 0 Å². The minimum Gasteiger partial charge on any atom is -0.454 e. The van der Waals surface area contributed by atoms with E-state index >= 15 is 0 Å². The lowest BCUT2D eigenvalue weighted by molar-refractivity contribution is -0.175. The Morgan fingerprint density at radius 1 is 1.19 bits per heavy atom. The highest BCUT2D eigenvalue weighted by Crippen LogP contribution is 2.39. The van der Waals surface area contributed by atoms with E-state index in [9.17, 15) is 9.90 Å². The Morgan fingerprint density at radius 2 is 1.96 bits per heavy atom. The molecule has 26 heavy (non-hydrogen) atoms. The van der Waals surface area contributed by atoms with Crippen LogP contribution >= 0.6 is 0 Å². The average Bonchev–Trinajstić information content (AvgIpc) is 3.07. The number of piperidine rings is 1. The Kier molecular flexibility index (Phi) is 4.57. The van der Waals surface area contributed by atoms with E-state index in [1.165, 1.54) is 0 Å². The Labute approximate surface area is 154 Å². The first-order valence-corrected chi connectivity index (χ1v) is 9.48. The van der Waals surface area contributed by atoms with E-state index in [2.05, 4.69) is 0 Å². The Balaban J connectivity index is 1.29. The van der Waals surface area contributed by atoms with Crippen LogP contribution < -0.4 is 9.47 Å². The third kappa shape index (κ3) is 3.67. The second-order valence-corrected chi connectivity index (χ2v) is 8.02. The summed E-state index contributed by atoms with van der Waals surface area (Å²) in [6.45, 7) is 4.17. The van der Waals surface area contributed by atoms with E-state index in [4.69, 9.17) is 14.2 Å². The van der Waals surface area contributed by atoms with Crippen molar-refractivity contribution < 1.29 is 24.1 Å². The maximum atomic E-state index is 12.6. The normalized spacial score (nSPS) is 26.9. The summed E-state index contributed by atoms with van der Waals surface area (Å²) in [6, 6.07) is 5.85. The summed E-state index contributed by atoms with van der Waals surface area (Å²) in [5, 5.41) is 10.4. The van der Waals surface area contributed by atoms with Gasteiger partial charge in [-0.1, -0.05) is 6.07 Å². The molecule has 6 nitrogen and oxygen atoms in total. The number of carbonyl (C=O) groups is 1. The molecule has 2 saturated heterocycles. The van der Waals surface area contributed by atoms with Gasteiger partial charge >= 0.3 is 0 Å². The van der Waals surface area contributed by atoms with Gasteiger partial charge in [0.2, 0.25) is 12.7 Å². The molecule has 1 spiro atoms. The summed E-state index contributed by atoms with van der Waals surface area (Å²) >= 11 is 0. The molecule has 3 aliphatic heterocycles. The minimum absolute atomic E-state index is 0.181. The van der Waals surface area contributed by atoms with Crippen LogP contribution in [0, 0.1) is 0 Å². The molecule has 1 aromatic carbocycles. The van der Waals surface area contributed by atoms with Crippen molar-refractivity contribution in [1.29, 1.82) is 0 Å². The molecular formula is C20H27NO5. The molecule has 0 aliphatic carbocycles. The lowest BCUT2D eigenvalue weighted by Gasteiger charge is -2.48. The van der Waals surface area contributed by atoms with Crippen molar-refractivity contribution in [3.63, 3.8) is 0 Å². The number of rotatable bonds is 3. The van der Waals surface area contributed by atoms with Gasteiger partial charge in [-0.25, -0.2) is 0 Å². The molecule has 0 bridgehead atoms. The predicted octanol–water partition coefficient (Wildman–Crippen LogP) is 2.27. The maximum Gasteiger partial charge on any atom is 0.231 e. The SMILES string of the molecule is CC1(O)CCOC2(CCN(C(=O)CCc3ccc4c(c3)OCO4)CC2)C1. The summed E-state index contributed by atoms with van der Waals surface area (Å²) in [4.78, 5) is 14.5. The predicted molar refractivity (Wildman–Crippen MR) is 95.2 cm³/mol. The number of ether oxygens (including phenoxy) is 3. The van der Waals surface area contributed by atoms with Crippen molar-refractivity contribution in [2.45, 2.75) is 56.7 Å². The third-order valence-corrected chi connectivity index (χ3v) is 5.84. The highest BCUT2D eigenvalue weighted by Gasteiger charge is 2.44. The second kappa shape index (κ2) is 6.74. The maximum absolute atomic E-state index is 12.6. The van der Waals surface area contributed by atoms with Gasteiger partial charge in [-0.15, -0.1) is 0 Å². The van der Waals surface area contributed by atoms with Crippen molar-refractivity contribution in [3.05, 3.63) is 23.8 Å². The summed E-state index contributed by atoms with van der Waals surface area (Å²) in [5.41, 5.74) is 0.183. The van der Waals surface area contributed by atoms with E-state index in [0.717, 1.165) is 29.9 Å². The molecule has 2 fully saturated rings. The Morgan fingerprint density at radius 3 is 2.73 bits per heavy atom. The second-order valence-electron chi connectivity index (χ2n) is 8.02. The molecule has 4 rings (SSSR count). The quantitative estimate of drug-likeness (QED) is 0.894. The Bertz CT molecular complexity index is 679. The number of aryl methyl sites for hydroxylation is 1. The van der Waals surface area contributed by atoms with E-state index in [0.29, 0.717) is 45.4 Å². The standard InChI is InChI=1S/C20H27NO5/c1-19(23)8-11-26-20(13-19)6-9-21(10-7-20)18(22)5-3-15-2-4-16-17(12-15)25-14-24-16/h2,4,12,23H,3,5-11,13-14H2,1H3. The molecule has 142 valence electrons. The summed E-state index contributed by atoms with van der Waals surface area (Å²) in [6.07, 6.45) is 4.15. The fourth-order valence-corrected chi connectivity index (χ4v) is 4.31. The molecule has 1 unspecified atom stereocenters. The zero-order valence-electron chi connectivity index (χ0n) is 15.3. The molecule has 1 aromatic rings. The summed E-state index contributed by atoms with van der Waals surface area (Å²) < 4.78 is 16.7. The van der Waals surface area contributed by atoms with Gasteiger partial charge < -0.3 is 24.2 Å². The molecule has 6 heteroatoms. The lowest BCUT2D eigenvalue weighted by atomic mass is 9.78. The first-order valence-electron chi connectivity index (χ1n) is 9.48. The molecular weight excluding hydrogens is 334 g/mol. The number of hydrogen-bond donors (Lipinski definition) is 1. The first kappa shape index (κ1) is 17.6. The van der Waals surface area contributed by atoms with Crippen molar-refractivity contribution in [1.82, 2.24) is 4.90 Å². The van der Waals surface area contributed by atoms with Crippen LogP contribution in [0.5, 0.6) is 11.5 Å². The number of fused-ring (bicyclic) bond motifs is 1. The number of benzene rings is 1. The lowest BCUT2D eigenvalue weighted by Crippen LogP contribution is -2.54. The van der Waals surface area contributed by atoms with Gasteiger partial charge in [-0.2, -0.15) is 0 Å². The van der Waals surface area contributed by atoms with Gasteiger partial charge in [0.15, 0.2) is 11.5 Å². The molecule has 1 N–H and O–H groups in total. The van der Waals surface area contributed by atoms with Gasteiger partial charge in [-0.05, 0) is 50.3 Å². The van der Waals surface area contributed by atoms with E-state index < -0.39 is 5.60 Å². The number of carbonyl (C=O) groups excluding carboxylic acids is 1. The van der Waals surface area contributed by atoms with Gasteiger partial charge in [-0.3, -0.25) is 4.79 Å². The van der Waals surface area contributed by atoms with Gasteiger partial charge in [0.05, 0.1) is 17.8 Å². The third-order valence-electron chi connectivity index (χ3n) is 5.84. The number of aliphatic hydroxyl groups is 1. The highest BCUT2D eigenvalue weighted by atomic mass is 16.7. The monoisotopic (exact) mass is 361 g/mol. The molecule has 1 atom stereocenters. The zero-order valence-corrected chi connectivity index (χ0v) is 15.3. The Hall–Kier alpha value is -1.79. The van der Waals surface area contributed by atoms with Crippen LogP contribution in [0.15, 0.2) is 18.2 Å². The number of nitrogens with zero attached hydrogens (tertiary/aromatic N) is 1. The van der Waals surface area contributed by atoms with Crippen LogP contribution in [0.1, 0.15) is 44.6 Å². The van der Waals surface area contributed by atoms with E-state index in [1.807, 2.05) is 30.0 Å². The molecule has 0 aromatic heterocycles. The fraction of sp³-hybridized carbons (Fsp3) is 0.650. The van der Waals surface area contributed by atoms with Gasteiger partial charge in [0.25, 0.3) is 0 Å². The molecule has 1 amide bonds. The van der Waals surface area contributed by atoms with Crippen LogP contribution in [-0.2, 0) is 16.0 Å². The van der Waals surface area contributed by atoms with Crippen LogP contribution in [0.2, 0.25) is 0 Å². The summed E-state index contributed by atoms with van der Waals surface area (Å²) in [7, 11) is 0. The van der Waals surface area contributed by atoms with Gasteiger partial charge in [0, 0.05) is 25.9 Å². The number of amides is 1. The highest BCUT2D eigenvalue weighted by molar-refractivity contribution is 5.76. The van der Waals surface area contributed by atoms with Crippen molar-refractivity contribution in [2.24, 2.45) is 0 Å². The molecule has 0 saturated carbocycles. The zero-order chi connectivity index (χ0) is 18.2. The van der Waals surface area contributed by atoms with Crippen molar-refractivity contribution in [2.75, 3.05) is 26.5 Å². The minimum atomic E-state index is -0.649. The molecule has 3 aliphatic rings. The molecule has 3 heterocycles. The first-order chi connectivity index (χ1) is 12.4. The largest absolute Gasteiger partial charge is 0.454 e. The van der Waals surface area contributed by atoms with Crippen molar-refractivity contribution >= 4 is 5.91 Å². The van der Waals surface area contributed by atoms with E-state index in [1.54, 1.807) is 0 Å². The van der Waals surface area contributed by atoms with Crippen LogP contribution in [0.25, 0.3) is 0 Å². The van der Waals surface area contributed by atoms with E-state index in [-0.39, 0.29) is 18.3 Å². The van der Waals surface area contributed by atoms with Crippen molar-refractivity contribution in [3.8, 4) is 11.5 Å². The summed E-state index contributed by atoms with van der Waals surface area (Å²) in [5.74, 6) is 1.71. The average molecular weight is 361 g/mol.